The number of nitrogens with one attached hydrogen (secondary N) is 2. The van der Waals surface area contributed by atoms with Crippen molar-refractivity contribution >= 4 is 17.7 Å². The third kappa shape index (κ3) is 3.38. The van der Waals surface area contributed by atoms with Gasteiger partial charge in [0.2, 0.25) is 0 Å². The lowest BCUT2D eigenvalue weighted by Crippen LogP contribution is -2.51. The van der Waals surface area contributed by atoms with E-state index in [1.807, 2.05) is 6.07 Å². The Morgan fingerprint density at radius 2 is 2.05 bits per heavy atom. The van der Waals surface area contributed by atoms with Crippen molar-refractivity contribution < 1.29 is 19.4 Å². The highest BCUT2D eigenvalue weighted by molar-refractivity contribution is 5.95. The summed E-state index contributed by atoms with van der Waals surface area (Å²) < 4.78 is 5.06. The fraction of sp³-hybridized carbons (Fsp3) is 0.308. The number of amides is 2. The van der Waals surface area contributed by atoms with E-state index in [4.69, 9.17) is 15.1 Å². The van der Waals surface area contributed by atoms with Crippen LogP contribution in [0.25, 0.3) is 0 Å². The molecule has 0 aromatic heterocycles. The van der Waals surface area contributed by atoms with Crippen molar-refractivity contribution in [1.82, 2.24) is 5.32 Å². The summed E-state index contributed by atoms with van der Waals surface area (Å²) in [6, 6.07) is 5.89. The predicted octanol–water partition coefficient (Wildman–Crippen LogP) is 1.55. The highest BCUT2D eigenvalue weighted by atomic mass is 16.5. The van der Waals surface area contributed by atoms with E-state index in [9.17, 15) is 9.59 Å². The zero-order chi connectivity index (χ0) is 15.3. The van der Waals surface area contributed by atoms with Crippen LogP contribution in [0.5, 0.6) is 5.75 Å². The molecule has 0 spiro atoms. The van der Waals surface area contributed by atoms with Crippen molar-refractivity contribution in [3.05, 3.63) is 23.8 Å². The zero-order valence-electron chi connectivity index (χ0n) is 11.4. The number of hydrogen-bond donors (Lipinski definition) is 3. The summed E-state index contributed by atoms with van der Waals surface area (Å²) in [7, 11) is 1.40. The number of ether oxygens (including phenoxy) is 1. The molecule has 0 heterocycles. The van der Waals surface area contributed by atoms with Gasteiger partial charge in [-0.05, 0) is 26.0 Å². The number of anilines is 1. The SMILES string of the molecule is COc1cccc(C#N)c1NC(=O)NC(C)(C)C(=O)O. The van der Waals surface area contributed by atoms with Crippen LogP contribution in [0.2, 0.25) is 0 Å². The zero-order valence-corrected chi connectivity index (χ0v) is 11.4. The van der Waals surface area contributed by atoms with Crippen molar-refractivity contribution in [2.75, 3.05) is 12.4 Å². The van der Waals surface area contributed by atoms with E-state index in [0.717, 1.165) is 0 Å². The van der Waals surface area contributed by atoms with Gasteiger partial charge in [-0.2, -0.15) is 5.26 Å². The molecule has 0 bridgehead atoms. The number of benzene rings is 1. The molecule has 0 aliphatic rings. The lowest BCUT2D eigenvalue weighted by molar-refractivity contribution is -0.142. The quantitative estimate of drug-likeness (QED) is 0.773. The molecule has 1 aromatic rings. The maximum absolute atomic E-state index is 11.8. The van der Waals surface area contributed by atoms with Gasteiger partial charge in [-0.15, -0.1) is 0 Å². The lowest BCUT2D eigenvalue weighted by Gasteiger charge is -2.21. The van der Waals surface area contributed by atoms with Gasteiger partial charge in [0.05, 0.1) is 12.7 Å². The minimum atomic E-state index is -1.43. The van der Waals surface area contributed by atoms with Crippen LogP contribution >= 0.6 is 0 Å². The van der Waals surface area contributed by atoms with Gasteiger partial charge in [-0.3, -0.25) is 0 Å². The van der Waals surface area contributed by atoms with E-state index in [0.29, 0.717) is 5.75 Å². The first-order valence-electron chi connectivity index (χ1n) is 5.71. The van der Waals surface area contributed by atoms with E-state index in [1.165, 1.54) is 27.0 Å². The Balaban J connectivity index is 2.97. The van der Waals surface area contributed by atoms with Crippen molar-refractivity contribution in [2.45, 2.75) is 19.4 Å². The number of rotatable bonds is 4. The molecule has 7 heteroatoms. The molecule has 0 atom stereocenters. The molecule has 0 saturated heterocycles. The van der Waals surface area contributed by atoms with Gasteiger partial charge in [0, 0.05) is 0 Å². The molecule has 2 amide bonds. The molecular formula is C13H15N3O4. The van der Waals surface area contributed by atoms with Crippen LogP contribution in [0, 0.1) is 11.3 Å². The first kappa shape index (κ1) is 15.3. The average Bonchev–Trinajstić information content (AvgIpc) is 2.38. The first-order valence-corrected chi connectivity index (χ1v) is 5.71. The van der Waals surface area contributed by atoms with E-state index in [1.54, 1.807) is 12.1 Å². The number of para-hydroxylation sites is 1. The summed E-state index contributed by atoms with van der Waals surface area (Å²) in [5, 5.41) is 22.7. The minimum Gasteiger partial charge on any atom is -0.495 e. The summed E-state index contributed by atoms with van der Waals surface area (Å²) in [6.45, 7) is 2.70. The van der Waals surface area contributed by atoms with E-state index in [2.05, 4.69) is 10.6 Å². The Labute approximate surface area is 116 Å². The van der Waals surface area contributed by atoms with Gasteiger partial charge in [0.15, 0.2) is 0 Å². The van der Waals surface area contributed by atoms with E-state index >= 15 is 0 Å². The number of hydrogen-bond acceptors (Lipinski definition) is 4. The molecule has 106 valence electrons. The molecule has 0 unspecified atom stereocenters. The number of aliphatic carboxylic acids is 1. The van der Waals surface area contributed by atoms with Crippen molar-refractivity contribution in [2.24, 2.45) is 0 Å². The fourth-order valence-electron chi connectivity index (χ4n) is 1.41. The van der Waals surface area contributed by atoms with Crippen LogP contribution < -0.4 is 15.4 Å². The standard InChI is InChI=1S/C13H15N3O4/c1-13(2,11(17)18)16-12(19)15-10-8(7-14)5-4-6-9(10)20-3/h4-6H,1-3H3,(H,17,18)(H2,15,16,19). The first-order chi connectivity index (χ1) is 9.31. The normalized spacial score (nSPS) is 10.3. The van der Waals surface area contributed by atoms with Crippen LogP contribution in [-0.2, 0) is 4.79 Å². The van der Waals surface area contributed by atoms with Gasteiger partial charge < -0.3 is 20.5 Å². The van der Waals surface area contributed by atoms with Gasteiger partial charge in [-0.1, -0.05) is 6.07 Å². The maximum atomic E-state index is 11.8. The van der Waals surface area contributed by atoms with Gasteiger partial charge >= 0.3 is 12.0 Å². The van der Waals surface area contributed by atoms with Crippen molar-refractivity contribution in [3.63, 3.8) is 0 Å². The third-order valence-corrected chi connectivity index (χ3v) is 2.57. The fourth-order valence-corrected chi connectivity index (χ4v) is 1.41. The molecule has 0 radical (unpaired) electrons. The number of nitriles is 1. The van der Waals surface area contributed by atoms with Crippen LogP contribution in [0.15, 0.2) is 18.2 Å². The highest BCUT2D eigenvalue weighted by Gasteiger charge is 2.29. The molecule has 7 nitrogen and oxygen atoms in total. The number of carboxylic acids is 1. The van der Waals surface area contributed by atoms with Crippen molar-refractivity contribution in [3.8, 4) is 11.8 Å². The van der Waals surface area contributed by atoms with E-state index in [-0.39, 0.29) is 11.3 Å². The second-order valence-electron chi connectivity index (χ2n) is 4.50. The minimum absolute atomic E-state index is 0.191. The summed E-state index contributed by atoms with van der Waals surface area (Å²) in [4.78, 5) is 22.8. The topological polar surface area (TPSA) is 111 Å². The lowest BCUT2D eigenvalue weighted by atomic mass is 10.1. The number of carboxylic acid groups (broad SMARTS) is 1. The van der Waals surface area contributed by atoms with Crippen molar-refractivity contribution in [1.29, 1.82) is 5.26 Å². The Kier molecular flexibility index (Phi) is 4.54. The largest absolute Gasteiger partial charge is 0.495 e. The smallest absolute Gasteiger partial charge is 0.328 e. The average molecular weight is 277 g/mol. The molecule has 0 aliphatic heterocycles. The van der Waals surface area contributed by atoms with Crippen LogP contribution in [0.3, 0.4) is 0 Å². The molecule has 1 rings (SSSR count). The predicted molar refractivity (Wildman–Crippen MR) is 71.6 cm³/mol. The molecule has 0 saturated carbocycles. The highest BCUT2D eigenvalue weighted by Crippen LogP contribution is 2.27. The second-order valence-corrected chi connectivity index (χ2v) is 4.50. The summed E-state index contributed by atoms with van der Waals surface area (Å²) in [6.07, 6.45) is 0. The van der Waals surface area contributed by atoms with Gasteiger partial charge in [0.1, 0.15) is 23.0 Å². The number of carbonyl (C=O) groups is 2. The number of carbonyl (C=O) groups excluding carboxylic acids is 1. The Morgan fingerprint density at radius 1 is 1.40 bits per heavy atom. The number of nitrogens with zero attached hydrogens (tertiary/aromatic N) is 1. The second kappa shape index (κ2) is 5.93. The number of methoxy groups -OCH3 is 1. The van der Waals surface area contributed by atoms with Gasteiger partial charge in [-0.25, -0.2) is 9.59 Å². The Morgan fingerprint density at radius 3 is 2.55 bits per heavy atom. The molecule has 1 aromatic carbocycles. The van der Waals surface area contributed by atoms with E-state index < -0.39 is 17.5 Å². The summed E-state index contributed by atoms with van der Waals surface area (Å²) >= 11 is 0. The molecule has 0 fully saturated rings. The molecular weight excluding hydrogens is 262 g/mol. The summed E-state index contributed by atoms with van der Waals surface area (Å²) in [5.74, 6) is -0.861. The van der Waals surface area contributed by atoms with Crippen LogP contribution in [0.1, 0.15) is 19.4 Å². The van der Waals surface area contributed by atoms with Crippen LogP contribution in [0.4, 0.5) is 10.5 Å². The Hall–Kier alpha value is -2.75. The molecule has 20 heavy (non-hydrogen) atoms. The summed E-state index contributed by atoms with van der Waals surface area (Å²) in [5.41, 5.74) is -1.03. The maximum Gasteiger partial charge on any atom is 0.328 e. The molecule has 0 aliphatic carbocycles. The monoisotopic (exact) mass is 277 g/mol. The molecule has 3 N–H and O–H groups in total. The number of urea groups is 1. The van der Waals surface area contributed by atoms with Crippen LogP contribution in [-0.4, -0.2) is 29.8 Å². The van der Waals surface area contributed by atoms with Gasteiger partial charge in [0.25, 0.3) is 0 Å². The Bertz CT molecular complexity index is 575. The third-order valence-electron chi connectivity index (χ3n) is 2.57.